The minimum absolute atomic E-state index is 0.211. The second kappa shape index (κ2) is 6.18. The first kappa shape index (κ1) is 14.0. The molecule has 0 bridgehead atoms. The van der Waals surface area contributed by atoms with E-state index in [1.165, 1.54) is 0 Å². The summed E-state index contributed by atoms with van der Waals surface area (Å²) in [5, 5.41) is 0. The maximum atomic E-state index is 5.81. The normalized spacial score (nSPS) is 10.3. The lowest BCUT2D eigenvalue weighted by molar-refractivity contribution is 0.416. The summed E-state index contributed by atoms with van der Waals surface area (Å²) < 4.78 is 5.34. The number of nitrogens with zero attached hydrogens (tertiary/aromatic N) is 4. The van der Waals surface area contributed by atoms with Crippen LogP contribution in [0.2, 0.25) is 0 Å². The summed E-state index contributed by atoms with van der Waals surface area (Å²) in [5.41, 5.74) is 6.61. The Morgan fingerprint density at radius 1 is 1.10 bits per heavy atom. The van der Waals surface area contributed by atoms with E-state index in [0.717, 1.165) is 18.7 Å². The van der Waals surface area contributed by atoms with Crippen molar-refractivity contribution in [3.63, 3.8) is 0 Å². The molecule has 1 aromatic heterocycles. The zero-order chi connectivity index (χ0) is 14.5. The van der Waals surface area contributed by atoms with Gasteiger partial charge in [-0.15, -0.1) is 0 Å². The number of ether oxygens (including phenoxy) is 1. The van der Waals surface area contributed by atoms with E-state index in [1.54, 1.807) is 7.11 Å². The first-order valence-electron chi connectivity index (χ1n) is 6.59. The van der Waals surface area contributed by atoms with Gasteiger partial charge in [-0.2, -0.15) is 15.0 Å². The van der Waals surface area contributed by atoms with Crippen LogP contribution in [0.4, 0.5) is 11.9 Å². The third kappa shape index (κ3) is 2.79. The Morgan fingerprint density at radius 3 is 2.45 bits per heavy atom. The van der Waals surface area contributed by atoms with E-state index in [4.69, 9.17) is 10.5 Å². The van der Waals surface area contributed by atoms with Crippen LogP contribution in [0.5, 0.6) is 5.75 Å². The van der Waals surface area contributed by atoms with Crippen molar-refractivity contribution in [2.24, 2.45) is 0 Å². The smallest absolute Gasteiger partial charge is 0.230 e. The quantitative estimate of drug-likeness (QED) is 0.897. The summed E-state index contributed by atoms with van der Waals surface area (Å²) in [5.74, 6) is 2.03. The zero-order valence-electron chi connectivity index (χ0n) is 12.0. The predicted molar refractivity (Wildman–Crippen MR) is 79.8 cm³/mol. The third-order valence-electron chi connectivity index (χ3n) is 3.04. The standard InChI is InChI=1S/C14H19N5O/c1-4-19(5-2)14-17-12(16-13(15)18-14)10-8-6-7-9-11(10)20-3/h6-9H,4-5H2,1-3H3,(H2,15,16,17,18). The molecule has 1 heterocycles. The molecule has 2 rings (SSSR count). The molecule has 20 heavy (non-hydrogen) atoms. The van der Waals surface area contributed by atoms with E-state index in [2.05, 4.69) is 15.0 Å². The van der Waals surface area contributed by atoms with Crippen LogP contribution >= 0.6 is 0 Å². The van der Waals surface area contributed by atoms with Crippen LogP contribution in [0.1, 0.15) is 13.8 Å². The Labute approximate surface area is 118 Å². The van der Waals surface area contributed by atoms with Crippen LogP contribution in [-0.4, -0.2) is 35.2 Å². The molecule has 0 aliphatic carbocycles. The Kier molecular flexibility index (Phi) is 4.34. The molecule has 0 aliphatic heterocycles. The number of methoxy groups -OCH3 is 1. The summed E-state index contributed by atoms with van der Waals surface area (Å²) >= 11 is 0. The van der Waals surface area contributed by atoms with Crippen LogP contribution in [0.15, 0.2) is 24.3 Å². The molecule has 0 radical (unpaired) electrons. The van der Waals surface area contributed by atoms with Crippen LogP contribution < -0.4 is 15.4 Å². The maximum absolute atomic E-state index is 5.81. The lowest BCUT2D eigenvalue weighted by Gasteiger charge is -2.19. The van der Waals surface area contributed by atoms with Crippen LogP contribution in [-0.2, 0) is 0 Å². The average Bonchev–Trinajstić information content (AvgIpc) is 2.48. The monoisotopic (exact) mass is 273 g/mol. The third-order valence-corrected chi connectivity index (χ3v) is 3.04. The van der Waals surface area contributed by atoms with Crippen LogP contribution in [0.3, 0.4) is 0 Å². The van der Waals surface area contributed by atoms with Crippen LogP contribution in [0.25, 0.3) is 11.4 Å². The number of rotatable bonds is 5. The molecule has 0 aliphatic rings. The Bertz CT molecular complexity index is 584. The van der Waals surface area contributed by atoms with Crippen molar-refractivity contribution < 1.29 is 4.74 Å². The number of nitrogens with two attached hydrogens (primary N) is 1. The molecule has 1 aromatic carbocycles. The number of para-hydroxylation sites is 1. The molecular formula is C14H19N5O. The van der Waals surface area contributed by atoms with E-state index in [9.17, 15) is 0 Å². The van der Waals surface area contributed by atoms with Crippen molar-refractivity contribution >= 4 is 11.9 Å². The minimum atomic E-state index is 0.211. The molecule has 6 nitrogen and oxygen atoms in total. The van der Waals surface area contributed by atoms with Crippen molar-refractivity contribution in [2.75, 3.05) is 30.8 Å². The Morgan fingerprint density at radius 2 is 1.80 bits per heavy atom. The molecule has 0 spiro atoms. The fraction of sp³-hybridized carbons (Fsp3) is 0.357. The largest absolute Gasteiger partial charge is 0.496 e. The van der Waals surface area contributed by atoms with E-state index in [0.29, 0.717) is 17.5 Å². The number of hydrogen-bond donors (Lipinski definition) is 1. The number of benzene rings is 1. The molecule has 106 valence electrons. The highest BCUT2D eigenvalue weighted by molar-refractivity contribution is 5.65. The Hall–Kier alpha value is -2.37. The fourth-order valence-electron chi connectivity index (χ4n) is 1.98. The van der Waals surface area contributed by atoms with Gasteiger partial charge in [-0.3, -0.25) is 0 Å². The molecule has 0 unspecified atom stereocenters. The minimum Gasteiger partial charge on any atom is -0.496 e. The van der Waals surface area contributed by atoms with Gasteiger partial charge in [0.1, 0.15) is 5.75 Å². The lowest BCUT2D eigenvalue weighted by atomic mass is 10.2. The van der Waals surface area contributed by atoms with Gasteiger partial charge in [0.05, 0.1) is 12.7 Å². The molecule has 6 heteroatoms. The average molecular weight is 273 g/mol. The predicted octanol–water partition coefficient (Wildman–Crippen LogP) is 1.98. The number of aromatic nitrogens is 3. The summed E-state index contributed by atoms with van der Waals surface area (Å²) in [7, 11) is 1.62. The van der Waals surface area contributed by atoms with Gasteiger partial charge in [-0.25, -0.2) is 0 Å². The molecule has 0 saturated heterocycles. The van der Waals surface area contributed by atoms with Gasteiger partial charge in [-0.05, 0) is 26.0 Å². The van der Waals surface area contributed by atoms with E-state index >= 15 is 0 Å². The number of nitrogen functional groups attached to an aromatic ring is 1. The summed E-state index contributed by atoms with van der Waals surface area (Å²) in [4.78, 5) is 14.9. The van der Waals surface area contributed by atoms with E-state index in [-0.39, 0.29) is 5.95 Å². The number of hydrogen-bond acceptors (Lipinski definition) is 6. The van der Waals surface area contributed by atoms with Crippen molar-refractivity contribution in [1.29, 1.82) is 0 Å². The lowest BCUT2D eigenvalue weighted by Crippen LogP contribution is -2.25. The molecule has 0 saturated carbocycles. The van der Waals surface area contributed by atoms with Gasteiger partial charge >= 0.3 is 0 Å². The van der Waals surface area contributed by atoms with Gasteiger partial charge in [0, 0.05) is 13.1 Å². The number of anilines is 2. The van der Waals surface area contributed by atoms with Gasteiger partial charge in [0.15, 0.2) is 5.82 Å². The Balaban J connectivity index is 2.52. The van der Waals surface area contributed by atoms with E-state index < -0.39 is 0 Å². The summed E-state index contributed by atoms with van der Waals surface area (Å²) in [6.45, 7) is 5.72. The van der Waals surface area contributed by atoms with Crippen molar-refractivity contribution in [2.45, 2.75) is 13.8 Å². The van der Waals surface area contributed by atoms with Crippen LogP contribution in [0, 0.1) is 0 Å². The molecule has 0 fully saturated rings. The van der Waals surface area contributed by atoms with Crippen molar-refractivity contribution in [1.82, 2.24) is 15.0 Å². The summed E-state index contributed by atoms with van der Waals surface area (Å²) in [6.07, 6.45) is 0. The molecule has 2 N–H and O–H groups in total. The highest BCUT2D eigenvalue weighted by atomic mass is 16.5. The zero-order valence-corrected chi connectivity index (χ0v) is 12.0. The molecule has 0 amide bonds. The highest BCUT2D eigenvalue weighted by Gasteiger charge is 2.13. The first-order valence-corrected chi connectivity index (χ1v) is 6.59. The molecular weight excluding hydrogens is 254 g/mol. The fourth-order valence-corrected chi connectivity index (χ4v) is 1.98. The SMILES string of the molecule is CCN(CC)c1nc(N)nc(-c2ccccc2OC)n1. The second-order valence-corrected chi connectivity index (χ2v) is 4.19. The summed E-state index contributed by atoms with van der Waals surface area (Å²) in [6, 6.07) is 7.58. The highest BCUT2D eigenvalue weighted by Crippen LogP contribution is 2.28. The second-order valence-electron chi connectivity index (χ2n) is 4.19. The molecule has 0 atom stereocenters. The van der Waals surface area contributed by atoms with Gasteiger partial charge in [-0.1, -0.05) is 12.1 Å². The van der Waals surface area contributed by atoms with Gasteiger partial charge < -0.3 is 15.4 Å². The topological polar surface area (TPSA) is 77.2 Å². The first-order chi connectivity index (χ1) is 9.69. The van der Waals surface area contributed by atoms with Crippen molar-refractivity contribution in [3.8, 4) is 17.1 Å². The van der Waals surface area contributed by atoms with E-state index in [1.807, 2.05) is 43.0 Å². The maximum Gasteiger partial charge on any atom is 0.230 e. The van der Waals surface area contributed by atoms with Gasteiger partial charge in [0.25, 0.3) is 0 Å². The van der Waals surface area contributed by atoms with Crippen molar-refractivity contribution in [3.05, 3.63) is 24.3 Å². The molecule has 2 aromatic rings. The van der Waals surface area contributed by atoms with Gasteiger partial charge in [0.2, 0.25) is 11.9 Å².